The number of hydrogen-bond donors (Lipinski definition) is 0. The number of benzene rings is 3. The van der Waals surface area contributed by atoms with E-state index in [1.807, 2.05) is 55.5 Å². The van der Waals surface area contributed by atoms with Gasteiger partial charge >= 0.3 is 0 Å². The van der Waals surface area contributed by atoms with Crippen LogP contribution in [-0.4, -0.2) is 32.5 Å². The fraction of sp³-hybridized carbons (Fsp3) is 0.375. The van der Waals surface area contributed by atoms with Gasteiger partial charge in [0, 0.05) is 5.92 Å². The molecule has 0 spiro atoms. The van der Waals surface area contributed by atoms with Gasteiger partial charge in [0.15, 0.2) is 11.6 Å². The minimum absolute atomic E-state index is 0.119. The lowest BCUT2D eigenvalue weighted by molar-refractivity contribution is -0.0218. The van der Waals surface area contributed by atoms with Crippen molar-refractivity contribution in [2.45, 2.75) is 51.1 Å². The standard InChI is InChI=1S/C32H35F3O4/c1-3-5-19-37-29-17-16-28(30(31(29)33)32(34)35)24-10-15-27(38-20-24)21-39-26-13-8-23(9-14-26)22-6-11-25(12-7-22)36-18-4-2/h4,6-9,11-14,16-17,24,27,32H,2-3,5,10,15,18-21H2,1H3. The smallest absolute Gasteiger partial charge is 0.267 e. The van der Waals surface area contributed by atoms with Crippen molar-refractivity contribution in [2.75, 3.05) is 26.4 Å². The van der Waals surface area contributed by atoms with Gasteiger partial charge < -0.3 is 18.9 Å². The summed E-state index contributed by atoms with van der Waals surface area (Å²) in [6.07, 6.45) is 1.45. The summed E-state index contributed by atoms with van der Waals surface area (Å²) < 4.78 is 65.3. The van der Waals surface area contributed by atoms with E-state index < -0.39 is 17.8 Å². The maximum atomic E-state index is 14.9. The van der Waals surface area contributed by atoms with Gasteiger partial charge in [-0.2, -0.15) is 0 Å². The minimum atomic E-state index is -2.93. The molecule has 0 amide bonds. The van der Waals surface area contributed by atoms with Gasteiger partial charge in [-0.15, -0.1) is 0 Å². The number of alkyl halides is 2. The topological polar surface area (TPSA) is 36.9 Å². The Labute approximate surface area is 228 Å². The first kappa shape index (κ1) is 28.6. The van der Waals surface area contributed by atoms with E-state index in [0.29, 0.717) is 38.2 Å². The molecule has 2 unspecified atom stereocenters. The van der Waals surface area contributed by atoms with E-state index >= 15 is 0 Å². The van der Waals surface area contributed by atoms with Crippen LogP contribution >= 0.6 is 0 Å². The molecule has 3 aromatic rings. The van der Waals surface area contributed by atoms with Crippen molar-refractivity contribution in [3.8, 4) is 28.4 Å². The lowest BCUT2D eigenvalue weighted by atomic mass is 9.88. The first-order valence-corrected chi connectivity index (χ1v) is 13.4. The molecule has 4 nitrogen and oxygen atoms in total. The molecule has 4 rings (SSSR count). The highest BCUT2D eigenvalue weighted by Gasteiger charge is 2.30. The molecule has 0 saturated carbocycles. The third-order valence-electron chi connectivity index (χ3n) is 6.81. The number of rotatable bonds is 13. The Morgan fingerprint density at radius 2 is 1.59 bits per heavy atom. The molecule has 0 bridgehead atoms. The van der Waals surface area contributed by atoms with Crippen molar-refractivity contribution in [1.29, 1.82) is 0 Å². The maximum Gasteiger partial charge on any atom is 0.267 e. The summed E-state index contributed by atoms with van der Waals surface area (Å²) in [5.41, 5.74) is 1.83. The molecule has 0 aromatic heterocycles. The van der Waals surface area contributed by atoms with Crippen LogP contribution in [0.1, 0.15) is 56.1 Å². The fourth-order valence-electron chi connectivity index (χ4n) is 4.62. The zero-order valence-corrected chi connectivity index (χ0v) is 22.2. The van der Waals surface area contributed by atoms with E-state index in [1.165, 1.54) is 6.07 Å². The molecule has 1 aliphatic heterocycles. The normalized spacial score (nSPS) is 17.2. The Morgan fingerprint density at radius 1 is 0.923 bits per heavy atom. The molecule has 1 saturated heterocycles. The van der Waals surface area contributed by atoms with Crippen molar-refractivity contribution >= 4 is 0 Å². The van der Waals surface area contributed by atoms with Gasteiger partial charge in [-0.25, -0.2) is 13.2 Å². The molecule has 1 heterocycles. The van der Waals surface area contributed by atoms with Crippen LogP contribution in [0.2, 0.25) is 0 Å². The zero-order chi connectivity index (χ0) is 27.6. The summed E-state index contributed by atoms with van der Waals surface area (Å²) in [6.45, 7) is 6.97. The van der Waals surface area contributed by atoms with Crippen molar-refractivity contribution in [2.24, 2.45) is 0 Å². The van der Waals surface area contributed by atoms with Crippen LogP contribution in [0.3, 0.4) is 0 Å². The molecular weight excluding hydrogens is 505 g/mol. The maximum absolute atomic E-state index is 14.9. The van der Waals surface area contributed by atoms with E-state index in [-0.39, 0.29) is 24.4 Å². The number of ether oxygens (including phenoxy) is 4. The molecule has 39 heavy (non-hydrogen) atoms. The van der Waals surface area contributed by atoms with E-state index in [4.69, 9.17) is 18.9 Å². The van der Waals surface area contributed by atoms with Crippen LogP contribution < -0.4 is 14.2 Å². The van der Waals surface area contributed by atoms with Crippen LogP contribution in [0, 0.1) is 5.82 Å². The van der Waals surface area contributed by atoms with Gasteiger partial charge in [0.05, 0.1) is 24.9 Å². The second kappa shape index (κ2) is 14.1. The molecule has 2 atom stereocenters. The number of unbranched alkanes of at least 4 members (excludes halogenated alkanes) is 1. The third kappa shape index (κ3) is 7.57. The summed E-state index contributed by atoms with van der Waals surface area (Å²) in [5, 5.41) is 0. The van der Waals surface area contributed by atoms with Crippen molar-refractivity contribution in [3.63, 3.8) is 0 Å². The monoisotopic (exact) mass is 540 g/mol. The first-order valence-electron chi connectivity index (χ1n) is 13.4. The summed E-state index contributed by atoms with van der Waals surface area (Å²) in [7, 11) is 0. The van der Waals surface area contributed by atoms with Crippen LogP contribution in [0.4, 0.5) is 13.2 Å². The molecule has 208 valence electrons. The van der Waals surface area contributed by atoms with Gasteiger partial charge in [0.25, 0.3) is 6.43 Å². The highest BCUT2D eigenvalue weighted by molar-refractivity contribution is 5.64. The highest BCUT2D eigenvalue weighted by atomic mass is 19.3. The van der Waals surface area contributed by atoms with Crippen LogP contribution in [0.15, 0.2) is 73.3 Å². The van der Waals surface area contributed by atoms with E-state index in [1.54, 1.807) is 12.1 Å². The summed E-state index contributed by atoms with van der Waals surface area (Å²) >= 11 is 0. The predicted molar refractivity (Wildman–Crippen MR) is 147 cm³/mol. The third-order valence-corrected chi connectivity index (χ3v) is 6.81. The quantitative estimate of drug-likeness (QED) is 0.161. The lowest BCUT2D eigenvalue weighted by Crippen LogP contribution is -2.30. The van der Waals surface area contributed by atoms with Crippen molar-refractivity contribution in [3.05, 3.63) is 90.3 Å². The van der Waals surface area contributed by atoms with Crippen LogP contribution in [0.25, 0.3) is 11.1 Å². The van der Waals surface area contributed by atoms with Crippen molar-refractivity contribution in [1.82, 2.24) is 0 Å². The largest absolute Gasteiger partial charge is 0.491 e. The van der Waals surface area contributed by atoms with E-state index in [0.717, 1.165) is 35.5 Å². The Kier molecular flexibility index (Phi) is 10.3. The summed E-state index contributed by atoms with van der Waals surface area (Å²) in [6, 6.07) is 18.6. The molecule has 3 aromatic carbocycles. The van der Waals surface area contributed by atoms with Crippen molar-refractivity contribution < 1.29 is 32.1 Å². The average molecular weight is 541 g/mol. The Morgan fingerprint density at radius 3 is 2.15 bits per heavy atom. The van der Waals surface area contributed by atoms with Crippen LogP contribution in [0.5, 0.6) is 17.2 Å². The Hall–Kier alpha value is -3.45. The molecule has 0 N–H and O–H groups in total. The highest BCUT2D eigenvalue weighted by Crippen LogP contribution is 2.39. The molecule has 0 aliphatic carbocycles. The number of halogens is 3. The SMILES string of the molecule is C=CCOc1ccc(-c2ccc(OCC3CCC(c4ccc(OCCCC)c(F)c4C(F)F)CO3)cc2)cc1. The second-order valence-corrected chi connectivity index (χ2v) is 9.57. The average Bonchev–Trinajstić information content (AvgIpc) is 2.96. The Bertz CT molecular complexity index is 1190. The fourth-order valence-corrected chi connectivity index (χ4v) is 4.62. The lowest BCUT2D eigenvalue weighted by Gasteiger charge is -2.30. The molecule has 1 aliphatic rings. The Balaban J connectivity index is 1.29. The van der Waals surface area contributed by atoms with Crippen LogP contribution in [-0.2, 0) is 4.74 Å². The van der Waals surface area contributed by atoms with Gasteiger partial charge in [0.2, 0.25) is 0 Å². The number of hydrogen-bond acceptors (Lipinski definition) is 4. The van der Waals surface area contributed by atoms with E-state index in [9.17, 15) is 13.2 Å². The van der Waals surface area contributed by atoms with E-state index in [2.05, 4.69) is 6.58 Å². The summed E-state index contributed by atoms with van der Waals surface area (Å²) in [5.74, 6) is 0.112. The second-order valence-electron chi connectivity index (χ2n) is 9.57. The molecule has 1 fully saturated rings. The zero-order valence-electron chi connectivity index (χ0n) is 22.2. The molecule has 7 heteroatoms. The molecular formula is C32H35F3O4. The van der Waals surface area contributed by atoms with Gasteiger partial charge in [-0.1, -0.05) is 56.3 Å². The predicted octanol–water partition coefficient (Wildman–Crippen LogP) is 8.52. The minimum Gasteiger partial charge on any atom is -0.491 e. The van der Waals surface area contributed by atoms with Gasteiger partial charge in [-0.3, -0.25) is 0 Å². The summed E-state index contributed by atoms with van der Waals surface area (Å²) in [4.78, 5) is 0. The van der Waals surface area contributed by atoms with Gasteiger partial charge in [-0.05, 0) is 66.3 Å². The first-order chi connectivity index (χ1) is 19.0. The van der Waals surface area contributed by atoms with Gasteiger partial charge in [0.1, 0.15) is 24.7 Å². The molecule has 0 radical (unpaired) electrons.